The number of aliphatic hydroxyl groups is 1. The van der Waals surface area contributed by atoms with Crippen molar-refractivity contribution in [3.63, 3.8) is 0 Å². The van der Waals surface area contributed by atoms with Crippen LogP contribution in [-0.2, 0) is 14.3 Å². The summed E-state index contributed by atoms with van der Waals surface area (Å²) in [5.41, 5.74) is 0. The molecule has 0 aromatic heterocycles. The molecule has 1 unspecified atom stereocenters. The van der Waals surface area contributed by atoms with E-state index in [1.165, 1.54) is 7.11 Å². The molecule has 1 atom stereocenters. The van der Waals surface area contributed by atoms with Crippen molar-refractivity contribution in [2.24, 2.45) is 0 Å². The van der Waals surface area contributed by atoms with E-state index in [1.54, 1.807) is 6.92 Å². The number of rotatable bonds is 5. The van der Waals surface area contributed by atoms with Crippen molar-refractivity contribution in [1.82, 2.24) is 5.32 Å². The molecule has 0 radical (unpaired) electrons. The second kappa shape index (κ2) is 6.42. The number of hydrogen-bond acceptors (Lipinski definition) is 4. The second-order valence-electron chi connectivity index (χ2n) is 2.74. The molecular weight excluding hydrogens is 174 g/mol. The Morgan fingerprint density at radius 3 is 2.62 bits per heavy atom. The highest BCUT2D eigenvalue weighted by Crippen LogP contribution is 1.94. The predicted octanol–water partition coefficient (Wildman–Crippen LogP) is -0.563. The van der Waals surface area contributed by atoms with Crippen molar-refractivity contribution in [1.29, 1.82) is 0 Å². The first-order valence-corrected chi connectivity index (χ1v) is 4.08. The highest BCUT2D eigenvalue weighted by Gasteiger charge is 2.06. The molecule has 0 spiro atoms. The molecule has 13 heavy (non-hydrogen) atoms. The molecule has 76 valence electrons. The van der Waals surface area contributed by atoms with E-state index in [0.29, 0.717) is 6.42 Å². The minimum absolute atomic E-state index is 0.116. The molecule has 1 amide bonds. The van der Waals surface area contributed by atoms with Gasteiger partial charge >= 0.3 is 5.97 Å². The number of amides is 1. The molecule has 0 saturated carbocycles. The predicted molar refractivity (Wildman–Crippen MR) is 45.9 cm³/mol. The molecule has 5 heteroatoms. The van der Waals surface area contributed by atoms with E-state index in [2.05, 4.69) is 10.1 Å². The van der Waals surface area contributed by atoms with Crippen LogP contribution in [0.15, 0.2) is 0 Å². The zero-order valence-electron chi connectivity index (χ0n) is 7.87. The summed E-state index contributed by atoms with van der Waals surface area (Å²) in [6.45, 7) is 1.49. The Kier molecular flexibility index (Phi) is 5.88. The van der Waals surface area contributed by atoms with E-state index in [1.807, 2.05) is 0 Å². The summed E-state index contributed by atoms with van der Waals surface area (Å²) >= 11 is 0. The highest BCUT2D eigenvalue weighted by molar-refractivity contribution is 5.81. The first-order chi connectivity index (χ1) is 6.06. The lowest BCUT2D eigenvalue weighted by Gasteiger charge is -2.04. The van der Waals surface area contributed by atoms with Crippen LogP contribution in [0.4, 0.5) is 0 Å². The van der Waals surface area contributed by atoms with Gasteiger partial charge in [0.2, 0.25) is 5.91 Å². The molecule has 0 bridgehead atoms. The van der Waals surface area contributed by atoms with Gasteiger partial charge in [0.15, 0.2) is 0 Å². The average molecular weight is 189 g/mol. The number of carbonyl (C=O) groups excluding carboxylic acids is 2. The molecule has 0 aromatic carbocycles. The average Bonchev–Trinajstić information content (AvgIpc) is 2.10. The lowest BCUT2D eigenvalue weighted by atomic mass is 10.2. The summed E-state index contributed by atoms with van der Waals surface area (Å²) in [5, 5.41) is 11.2. The van der Waals surface area contributed by atoms with Gasteiger partial charge in [-0.2, -0.15) is 0 Å². The van der Waals surface area contributed by atoms with Gasteiger partial charge in [-0.25, -0.2) is 0 Å². The second-order valence-corrected chi connectivity index (χ2v) is 2.74. The normalized spacial score (nSPS) is 11.9. The molecule has 5 nitrogen and oxygen atoms in total. The van der Waals surface area contributed by atoms with Gasteiger partial charge in [-0.05, 0) is 13.3 Å². The Hall–Kier alpha value is -1.10. The molecule has 0 aromatic rings. The van der Waals surface area contributed by atoms with Crippen molar-refractivity contribution in [2.75, 3.05) is 13.7 Å². The van der Waals surface area contributed by atoms with Gasteiger partial charge in [0.1, 0.15) is 6.54 Å². The first kappa shape index (κ1) is 11.9. The molecule has 0 aliphatic carbocycles. The summed E-state index contributed by atoms with van der Waals surface area (Å²) in [4.78, 5) is 21.5. The Morgan fingerprint density at radius 1 is 1.54 bits per heavy atom. The van der Waals surface area contributed by atoms with Gasteiger partial charge in [-0.15, -0.1) is 0 Å². The topological polar surface area (TPSA) is 75.6 Å². The Balaban J connectivity index is 3.46. The zero-order valence-corrected chi connectivity index (χ0v) is 7.87. The number of hydrogen-bond donors (Lipinski definition) is 2. The number of carbonyl (C=O) groups is 2. The van der Waals surface area contributed by atoms with Crippen LogP contribution in [0.1, 0.15) is 19.8 Å². The van der Waals surface area contributed by atoms with E-state index < -0.39 is 12.1 Å². The van der Waals surface area contributed by atoms with E-state index in [4.69, 9.17) is 5.11 Å². The molecule has 0 heterocycles. The maximum atomic E-state index is 10.9. The molecule has 0 aliphatic heterocycles. The number of esters is 1. The summed E-state index contributed by atoms with van der Waals surface area (Å²) < 4.78 is 4.32. The van der Waals surface area contributed by atoms with Gasteiger partial charge in [0, 0.05) is 6.42 Å². The minimum Gasteiger partial charge on any atom is -0.468 e. The maximum absolute atomic E-state index is 10.9. The molecule has 0 aliphatic rings. The summed E-state index contributed by atoms with van der Waals surface area (Å²) in [6.07, 6.45) is 0.116. The maximum Gasteiger partial charge on any atom is 0.325 e. The van der Waals surface area contributed by atoms with Crippen LogP contribution in [0.25, 0.3) is 0 Å². The molecule has 2 N–H and O–H groups in total. The third kappa shape index (κ3) is 7.27. The van der Waals surface area contributed by atoms with Crippen LogP contribution in [0.5, 0.6) is 0 Å². The van der Waals surface area contributed by atoms with Crippen LogP contribution in [0.3, 0.4) is 0 Å². The summed E-state index contributed by atoms with van der Waals surface area (Å²) in [5.74, 6) is -0.739. The fourth-order valence-corrected chi connectivity index (χ4v) is 0.671. The van der Waals surface area contributed by atoms with E-state index >= 15 is 0 Å². The Morgan fingerprint density at radius 2 is 2.15 bits per heavy atom. The third-order valence-electron chi connectivity index (χ3n) is 1.45. The Labute approximate surface area is 77.1 Å². The smallest absolute Gasteiger partial charge is 0.325 e. The first-order valence-electron chi connectivity index (χ1n) is 4.08. The molecule has 0 saturated heterocycles. The molecule has 0 fully saturated rings. The monoisotopic (exact) mass is 189 g/mol. The minimum atomic E-state index is -0.496. The zero-order chi connectivity index (χ0) is 10.3. The standard InChI is InChI=1S/C8H15NO4/c1-6(10)3-4-7(11)9-5-8(12)13-2/h6,10H,3-5H2,1-2H3,(H,9,11). The van der Waals surface area contributed by atoms with Crippen LogP contribution in [0, 0.1) is 0 Å². The van der Waals surface area contributed by atoms with Gasteiger partial charge in [-0.3, -0.25) is 9.59 Å². The SMILES string of the molecule is COC(=O)CNC(=O)CCC(C)O. The fourth-order valence-electron chi connectivity index (χ4n) is 0.671. The largest absolute Gasteiger partial charge is 0.468 e. The van der Waals surface area contributed by atoms with Crippen molar-refractivity contribution in [3.8, 4) is 0 Å². The summed E-state index contributed by atoms with van der Waals surface area (Å²) in [7, 11) is 1.25. The van der Waals surface area contributed by atoms with Gasteiger partial charge in [0.25, 0.3) is 0 Å². The Bertz CT molecular complexity index is 179. The lowest BCUT2D eigenvalue weighted by molar-refractivity contribution is -0.141. The van der Waals surface area contributed by atoms with Crippen LogP contribution >= 0.6 is 0 Å². The van der Waals surface area contributed by atoms with Crippen LogP contribution in [-0.4, -0.2) is 36.7 Å². The summed E-state index contributed by atoms with van der Waals surface area (Å²) in [6, 6.07) is 0. The highest BCUT2D eigenvalue weighted by atomic mass is 16.5. The number of nitrogens with one attached hydrogen (secondary N) is 1. The van der Waals surface area contributed by atoms with Gasteiger partial charge < -0.3 is 15.2 Å². The molecular formula is C8H15NO4. The van der Waals surface area contributed by atoms with E-state index in [9.17, 15) is 9.59 Å². The van der Waals surface area contributed by atoms with Crippen LogP contribution < -0.4 is 5.32 Å². The van der Waals surface area contributed by atoms with Gasteiger partial charge in [0.05, 0.1) is 13.2 Å². The van der Waals surface area contributed by atoms with Crippen LogP contribution in [0.2, 0.25) is 0 Å². The van der Waals surface area contributed by atoms with Crippen molar-refractivity contribution < 1.29 is 19.4 Å². The molecule has 0 rings (SSSR count). The number of methoxy groups -OCH3 is 1. The number of ether oxygens (including phenoxy) is 1. The van der Waals surface area contributed by atoms with Crippen molar-refractivity contribution in [2.45, 2.75) is 25.9 Å². The van der Waals surface area contributed by atoms with E-state index in [0.717, 1.165) is 0 Å². The lowest BCUT2D eigenvalue weighted by Crippen LogP contribution is -2.30. The fraction of sp³-hybridized carbons (Fsp3) is 0.750. The van der Waals surface area contributed by atoms with Crippen molar-refractivity contribution >= 4 is 11.9 Å². The van der Waals surface area contributed by atoms with Crippen molar-refractivity contribution in [3.05, 3.63) is 0 Å². The number of aliphatic hydroxyl groups excluding tert-OH is 1. The quantitative estimate of drug-likeness (QED) is 0.568. The van der Waals surface area contributed by atoms with Gasteiger partial charge in [-0.1, -0.05) is 0 Å². The van der Waals surface area contributed by atoms with E-state index in [-0.39, 0.29) is 18.9 Å². The third-order valence-corrected chi connectivity index (χ3v) is 1.45.